The molecule has 4 aromatic rings. The van der Waals surface area contributed by atoms with E-state index >= 15 is 0 Å². The number of amides is 1. The molecule has 0 atom stereocenters. The van der Waals surface area contributed by atoms with Gasteiger partial charge in [-0.1, -0.05) is 24.3 Å². The van der Waals surface area contributed by atoms with Crippen molar-refractivity contribution in [1.29, 1.82) is 0 Å². The molecule has 134 valence electrons. The highest BCUT2D eigenvalue weighted by Crippen LogP contribution is 2.23. The molecule has 27 heavy (non-hydrogen) atoms. The summed E-state index contributed by atoms with van der Waals surface area (Å²) in [6.45, 7) is 0. The Morgan fingerprint density at radius 2 is 1.96 bits per heavy atom. The minimum atomic E-state index is -0.252. The van der Waals surface area contributed by atoms with Crippen LogP contribution in [0.2, 0.25) is 0 Å². The molecule has 0 fully saturated rings. The minimum absolute atomic E-state index is 0.0687. The molecule has 2 heterocycles. The largest absolute Gasteiger partial charge is 0.326 e. The Kier molecular flexibility index (Phi) is 4.76. The first-order valence-electron chi connectivity index (χ1n) is 8.48. The monoisotopic (exact) mass is 376 g/mol. The van der Waals surface area contributed by atoms with Gasteiger partial charge in [-0.2, -0.15) is 5.10 Å². The van der Waals surface area contributed by atoms with Crippen molar-refractivity contribution in [2.45, 2.75) is 12.8 Å². The highest BCUT2D eigenvalue weighted by atomic mass is 32.1. The number of carbonyl (C=O) groups is 1. The van der Waals surface area contributed by atoms with Crippen molar-refractivity contribution in [1.82, 2.24) is 15.2 Å². The molecule has 4 rings (SSSR count). The molecular formula is C20H16N4O2S. The fourth-order valence-corrected chi connectivity index (χ4v) is 3.70. The number of thiazole rings is 1. The summed E-state index contributed by atoms with van der Waals surface area (Å²) >= 11 is 1.62. The van der Waals surface area contributed by atoms with E-state index < -0.39 is 0 Å². The maximum absolute atomic E-state index is 12.3. The molecule has 0 saturated heterocycles. The number of aryl methyl sites for hydroxylation is 1. The smallest absolute Gasteiger partial charge is 0.264 e. The molecule has 0 aliphatic heterocycles. The van der Waals surface area contributed by atoms with Crippen LogP contribution in [0, 0.1) is 0 Å². The lowest BCUT2D eigenvalue weighted by Crippen LogP contribution is -2.12. The average Bonchev–Trinajstić information content (AvgIpc) is 3.10. The molecule has 0 aliphatic carbocycles. The van der Waals surface area contributed by atoms with Crippen LogP contribution in [0.15, 0.2) is 65.5 Å². The van der Waals surface area contributed by atoms with Gasteiger partial charge in [0.05, 0.1) is 20.9 Å². The molecule has 2 aromatic carbocycles. The number of aromatic amines is 1. The molecule has 2 aromatic heterocycles. The van der Waals surface area contributed by atoms with Crippen molar-refractivity contribution < 1.29 is 4.79 Å². The SMILES string of the molecule is O=C(CCc1nc2ccccc2s1)Nc1cccc(-c2ccc(=O)[nH]n2)c1. The van der Waals surface area contributed by atoms with Crippen molar-refractivity contribution in [2.24, 2.45) is 0 Å². The van der Waals surface area contributed by atoms with Gasteiger partial charge in [-0.15, -0.1) is 11.3 Å². The number of fused-ring (bicyclic) bond motifs is 1. The van der Waals surface area contributed by atoms with Crippen LogP contribution >= 0.6 is 11.3 Å². The summed E-state index contributed by atoms with van der Waals surface area (Å²) in [6.07, 6.45) is 0.966. The molecule has 7 heteroatoms. The van der Waals surface area contributed by atoms with Gasteiger partial charge in [-0.05, 0) is 30.3 Å². The number of nitrogens with zero attached hydrogens (tertiary/aromatic N) is 2. The van der Waals surface area contributed by atoms with E-state index in [1.54, 1.807) is 17.4 Å². The van der Waals surface area contributed by atoms with E-state index in [1.807, 2.05) is 48.5 Å². The fraction of sp³-hybridized carbons (Fsp3) is 0.100. The second-order valence-corrected chi connectivity index (χ2v) is 7.13. The van der Waals surface area contributed by atoms with Crippen LogP contribution in [0.5, 0.6) is 0 Å². The third-order valence-electron chi connectivity index (χ3n) is 4.03. The molecule has 0 saturated carbocycles. The van der Waals surface area contributed by atoms with Crippen LogP contribution in [-0.2, 0) is 11.2 Å². The minimum Gasteiger partial charge on any atom is -0.326 e. The first-order valence-corrected chi connectivity index (χ1v) is 9.29. The molecule has 0 radical (unpaired) electrons. The maximum atomic E-state index is 12.3. The highest BCUT2D eigenvalue weighted by molar-refractivity contribution is 7.18. The Morgan fingerprint density at radius 3 is 2.78 bits per heavy atom. The van der Waals surface area contributed by atoms with Gasteiger partial charge >= 0.3 is 0 Å². The fourth-order valence-electron chi connectivity index (χ4n) is 2.73. The van der Waals surface area contributed by atoms with E-state index in [9.17, 15) is 9.59 Å². The van der Waals surface area contributed by atoms with Crippen LogP contribution < -0.4 is 10.9 Å². The average molecular weight is 376 g/mol. The van der Waals surface area contributed by atoms with E-state index in [2.05, 4.69) is 20.5 Å². The summed E-state index contributed by atoms with van der Waals surface area (Å²) in [7, 11) is 0. The number of aromatic nitrogens is 3. The quantitative estimate of drug-likeness (QED) is 0.557. The third kappa shape index (κ3) is 4.09. The zero-order valence-electron chi connectivity index (χ0n) is 14.3. The van der Waals surface area contributed by atoms with E-state index in [1.165, 1.54) is 6.07 Å². The number of hydrogen-bond donors (Lipinski definition) is 2. The number of H-pyrrole nitrogens is 1. The number of para-hydroxylation sites is 1. The Bertz CT molecular complexity index is 1110. The van der Waals surface area contributed by atoms with E-state index in [0.717, 1.165) is 20.8 Å². The summed E-state index contributed by atoms with van der Waals surface area (Å²) in [6, 6.07) is 18.4. The number of carbonyl (C=O) groups excluding carboxylic acids is 1. The Balaban J connectivity index is 1.41. The Morgan fingerprint density at radius 1 is 1.07 bits per heavy atom. The van der Waals surface area contributed by atoms with Crippen molar-refractivity contribution in [3.8, 4) is 11.3 Å². The van der Waals surface area contributed by atoms with Gasteiger partial charge < -0.3 is 5.32 Å². The van der Waals surface area contributed by atoms with Crippen LogP contribution in [0.1, 0.15) is 11.4 Å². The Hall–Kier alpha value is -3.32. The van der Waals surface area contributed by atoms with Gasteiger partial charge in [0.25, 0.3) is 5.56 Å². The first kappa shape index (κ1) is 17.1. The van der Waals surface area contributed by atoms with E-state index in [0.29, 0.717) is 24.2 Å². The zero-order valence-corrected chi connectivity index (χ0v) is 15.1. The zero-order chi connectivity index (χ0) is 18.6. The molecule has 1 amide bonds. The van der Waals surface area contributed by atoms with Gasteiger partial charge in [0, 0.05) is 30.2 Å². The summed E-state index contributed by atoms with van der Waals surface area (Å²) in [5.74, 6) is -0.0687. The van der Waals surface area contributed by atoms with Crippen molar-refractivity contribution in [3.05, 3.63) is 76.0 Å². The molecular weight excluding hydrogens is 360 g/mol. The molecule has 0 aliphatic rings. The van der Waals surface area contributed by atoms with E-state index in [4.69, 9.17) is 0 Å². The van der Waals surface area contributed by atoms with Gasteiger partial charge in [-0.3, -0.25) is 9.59 Å². The number of anilines is 1. The molecule has 2 N–H and O–H groups in total. The third-order valence-corrected chi connectivity index (χ3v) is 5.12. The van der Waals surface area contributed by atoms with Crippen LogP contribution in [0.25, 0.3) is 21.5 Å². The van der Waals surface area contributed by atoms with Crippen molar-refractivity contribution in [3.63, 3.8) is 0 Å². The number of nitrogens with one attached hydrogen (secondary N) is 2. The predicted octanol–water partition coefficient (Wildman–Crippen LogP) is 3.62. The highest BCUT2D eigenvalue weighted by Gasteiger charge is 2.08. The second kappa shape index (κ2) is 7.51. The number of benzene rings is 2. The van der Waals surface area contributed by atoms with E-state index in [-0.39, 0.29) is 11.5 Å². The van der Waals surface area contributed by atoms with Crippen LogP contribution in [-0.4, -0.2) is 21.1 Å². The number of rotatable bonds is 5. The standard InChI is InChI=1S/C20H16N4O2S/c25-18(10-11-20-22-16-6-1-2-7-17(16)27-20)21-14-5-3-4-13(12-14)15-8-9-19(26)24-23-15/h1-9,12H,10-11H2,(H,21,25)(H,24,26). The topological polar surface area (TPSA) is 87.7 Å². The van der Waals surface area contributed by atoms with Gasteiger partial charge in [0.15, 0.2) is 0 Å². The molecule has 0 bridgehead atoms. The molecule has 0 spiro atoms. The van der Waals surface area contributed by atoms with Crippen LogP contribution in [0.3, 0.4) is 0 Å². The lowest BCUT2D eigenvalue weighted by molar-refractivity contribution is -0.116. The second-order valence-electron chi connectivity index (χ2n) is 6.01. The summed E-state index contributed by atoms with van der Waals surface area (Å²) in [4.78, 5) is 28.0. The van der Waals surface area contributed by atoms with Crippen molar-refractivity contribution in [2.75, 3.05) is 5.32 Å². The Labute approximate surface area is 158 Å². The number of hydrogen-bond acceptors (Lipinski definition) is 5. The summed E-state index contributed by atoms with van der Waals surface area (Å²) in [5, 5.41) is 10.3. The predicted molar refractivity (Wildman–Crippen MR) is 107 cm³/mol. The molecule has 0 unspecified atom stereocenters. The summed E-state index contributed by atoms with van der Waals surface area (Å²) in [5.41, 5.74) is 2.86. The summed E-state index contributed by atoms with van der Waals surface area (Å²) < 4.78 is 1.13. The van der Waals surface area contributed by atoms with Gasteiger partial charge in [-0.25, -0.2) is 10.1 Å². The van der Waals surface area contributed by atoms with Gasteiger partial charge in [0.1, 0.15) is 0 Å². The normalized spacial score (nSPS) is 10.8. The molecule has 6 nitrogen and oxygen atoms in total. The lowest BCUT2D eigenvalue weighted by atomic mass is 10.1. The first-order chi connectivity index (χ1) is 13.2. The lowest BCUT2D eigenvalue weighted by Gasteiger charge is -2.06. The van der Waals surface area contributed by atoms with Crippen LogP contribution in [0.4, 0.5) is 5.69 Å². The van der Waals surface area contributed by atoms with Crippen molar-refractivity contribution >= 4 is 33.1 Å². The van der Waals surface area contributed by atoms with Gasteiger partial charge in [0.2, 0.25) is 5.91 Å². The maximum Gasteiger partial charge on any atom is 0.264 e.